The molecule has 1 aromatic carbocycles. The van der Waals surface area contributed by atoms with Gasteiger partial charge < -0.3 is 10.4 Å². The zero-order valence-electron chi connectivity index (χ0n) is 12.3. The van der Waals surface area contributed by atoms with Gasteiger partial charge in [0.15, 0.2) is 0 Å². The molecule has 0 unspecified atom stereocenters. The van der Waals surface area contributed by atoms with E-state index < -0.39 is 0 Å². The van der Waals surface area contributed by atoms with Crippen molar-refractivity contribution in [2.75, 3.05) is 5.32 Å². The Morgan fingerprint density at radius 2 is 1.95 bits per heavy atom. The minimum Gasteiger partial charge on any atom is -0.508 e. The SMILES string of the molecule is CCc1cc(O)ccc1-c1ccc(NC2CCCC2)nn1. The van der Waals surface area contributed by atoms with E-state index in [1.165, 1.54) is 25.7 Å². The molecule has 0 saturated heterocycles. The van der Waals surface area contributed by atoms with Crippen LogP contribution in [0.5, 0.6) is 5.75 Å². The molecule has 21 heavy (non-hydrogen) atoms. The first-order valence-electron chi connectivity index (χ1n) is 7.69. The first kappa shape index (κ1) is 13.9. The van der Waals surface area contributed by atoms with E-state index in [0.29, 0.717) is 11.8 Å². The van der Waals surface area contributed by atoms with Gasteiger partial charge in [-0.25, -0.2) is 0 Å². The van der Waals surface area contributed by atoms with Gasteiger partial charge in [-0.2, -0.15) is 0 Å². The Kier molecular flexibility index (Phi) is 4.04. The molecule has 1 aliphatic carbocycles. The van der Waals surface area contributed by atoms with Crippen LogP contribution in [-0.2, 0) is 6.42 Å². The summed E-state index contributed by atoms with van der Waals surface area (Å²) in [4.78, 5) is 0. The Morgan fingerprint density at radius 1 is 1.14 bits per heavy atom. The Labute approximate surface area is 125 Å². The van der Waals surface area contributed by atoms with Gasteiger partial charge in [-0.1, -0.05) is 19.8 Å². The molecule has 1 fully saturated rings. The lowest BCUT2D eigenvalue weighted by Gasteiger charge is -2.12. The molecule has 2 N–H and O–H groups in total. The number of benzene rings is 1. The number of phenolic OH excluding ortho intramolecular Hbond substituents is 1. The predicted molar refractivity (Wildman–Crippen MR) is 84.4 cm³/mol. The highest BCUT2D eigenvalue weighted by Gasteiger charge is 2.15. The van der Waals surface area contributed by atoms with E-state index >= 15 is 0 Å². The van der Waals surface area contributed by atoms with Crippen molar-refractivity contribution in [3.05, 3.63) is 35.9 Å². The van der Waals surface area contributed by atoms with Crippen LogP contribution in [0, 0.1) is 0 Å². The molecule has 3 rings (SSSR count). The zero-order chi connectivity index (χ0) is 14.7. The summed E-state index contributed by atoms with van der Waals surface area (Å²) >= 11 is 0. The molecule has 4 nitrogen and oxygen atoms in total. The summed E-state index contributed by atoms with van der Waals surface area (Å²) < 4.78 is 0. The van der Waals surface area contributed by atoms with E-state index in [9.17, 15) is 5.11 Å². The second kappa shape index (κ2) is 6.12. The lowest BCUT2D eigenvalue weighted by molar-refractivity contribution is 0.474. The van der Waals surface area contributed by atoms with Crippen molar-refractivity contribution in [3.63, 3.8) is 0 Å². The topological polar surface area (TPSA) is 58.0 Å². The summed E-state index contributed by atoms with van der Waals surface area (Å²) in [6, 6.07) is 9.93. The number of aryl methyl sites for hydroxylation is 1. The van der Waals surface area contributed by atoms with E-state index in [1.54, 1.807) is 12.1 Å². The van der Waals surface area contributed by atoms with Crippen molar-refractivity contribution >= 4 is 5.82 Å². The molecule has 0 atom stereocenters. The molecular formula is C17H21N3O. The van der Waals surface area contributed by atoms with Gasteiger partial charge in [0.05, 0.1) is 5.69 Å². The summed E-state index contributed by atoms with van der Waals surface area (Å²) in [6.45, 7) is 2.07. The maximum atomic E-state index is 9.57. The highest BCUT2D eigenvalue weighted by atomic mass is 16.3. The van der Waals surface area contributed by atoms with Crippen molar-refractivity contribution in [3.8, 4) is 17.0 Å². The van der Waals surface area contributed by atoms with Gasteiger partial charge in [-0.3, -0.25) is 0 Å². The molecule has 0 amide bonds. The fraction of sp³-hybridized carbons (Fsp3) is 0.412. The van der Waals surface area contributed by atoms with Crippen LogP contribution in [0.15, 0.2) is 30.3 Å². The number of aromatic hydroxyl groups is 1. The Balaban J connectivity index is 1.80. The molecule has 0 spiro atoms. The number of phenols is 1. The average molecular weight is 283 g/mol. The van der Waals surface area contributed by atoms with E-state index in [2.05, 4.69) is 22.4 Å². The molecule has 110 valence electrons. The molecule has 0 radical (unpaired) electrons. The second-order valence-corrected chi connectivity index (χ2v) is 5.62. The van der Waals surface area contributed by atoms with E-state index in [-0.39, 0.29) is 0 Å². The van der Waals surface area contributed by atoms with Crippen molar-refractivity contribution < 1.29 is 5.11 Å². The van der Waals surface area contributed by atoms with E-state index in [0.717, 1.165) is 29.1 Å². The molecule has 1 aromatic heterocycles. The van der Waals surface area contributed by atoms with E-state index in [1.807, 2.05) is 18.2 Å². The molecule has 1 heterocycles. The zero-order valence-corrected chi connectivity index (χ0v) is 12.3. The number of nitrogens with zero attached hydrogens (tertiary/aromatic N) is 2. The molecule has 0 bridgehead atoms. The van der Waals surface area contributed by atoms with Crippen LogP contribution in [0.4, 0.5) is 5.82 Å². The van der Waals surface area contributed by atoms with Crippen LogP contribution in [-0.4, -0.2) is 21.3 Å². The molecule has 1 aliphatic rings. The highest BCUT2D eigenvalue weighted by molar-refractivity contribution is 5.65. The number of anilines is 1. The van der Waals surface area contributed by atoms with Gasteiger partial charge in [0, 0.05) is 11.6 Å². The lowest BCUT2D eigenvalue weighted by atomic mass is 10.0. The van der Waals surface area contributed by atoms with Crippen LogP contribution in [0.25, 0.3) is 11.3 Å². The molecule has 0 aliphatic heterocycles. The quantitative estimate of drug-likeness (QED) is 0.897. The summed E-state index contributed by atoms with van der Waals surface area (Å²) in [7, 11) is 0. The summed E-state index contributed by atoms with van der Waals surface area (Å²) in [6.07, 6.45) is 5.91. The Morgan fingerprint density at radius 3 is 2.62 bits per heavy atom. The number of hydrogen-bond acceptors (Lipinski definition) is 4. The summed E-state index contributed by atoms with van der Waals surface area (Å²) in [5, 5.41) is 21.6. The van der Waals surface area contributed by atoms with Gasteiger partial charge >= 0.3 is 0 Å². The van der Waals surface area contributed by atoms with Crippen molar-refractivity contribution in [2.45, 2.75) is 45.1 Å². The first-order valence-corrected chi connectivity index (χ1v) is 7.69. The fourth-order valence-corrected chi connectivity index (χ4v) is 2.95. The average Bonchev–Trinajstić information content (AvgIpc) is 3.01. The molecular weight excluding hydrogens is 262 g/mol. The second-order valence-electron chi connectivity index (χ2n) is 5.62. The molecule has 2 aromatic rings. The van der Waals surface area contributed by atoms with E-state index in [4.69, 9.17) is 0 Å². The minimum atomic E-state index is 0.295. The van der Waals surface area contributed by atoms with Crippen LogP contribution in [0.1, 0.15) is 38.2 Å². The Hall–Kier alpha value is -2.10. The number of nitrogens with one attached hydrogen (secondary N) is 1. The third-order valence-corrected chi connectivity index (χ3v) is 4.12. The summed E-state index contributed by atoms with van der Waals surface area (Å²) in [5.74, 6) is 1.14. The fourth-order valence-electron chi connectivity index (χ4n) is 2.95. The van der Waals surface area contributed by atoms with Gasteiger partial charge in [0.2, 0.25) is 0 Å². The number of aromatic nitrogens is 2. The van der Waals surface area contributed by atoms with Crippen molar-refractivity contribution in [1.29, 1.82) is 0 Å². The lowest BCUT2D eigenvalue weighted by Crippen LogP contribution is -2.15. The third kappa shape index (κ3) is 3.15. The Bertz CT molecular complexity index is 604. The standard InChI is InChI=1S/C17H21N3O/c1-2-12-11-14(21)7-8-15(12)16-9-10-17(20-19-16)18-13-5-3-4-6-13/h7-11,13,21H,2-6H2,1H3,(H,18,20). The van der Waals surface area contributed by atoms with Gasteiger partial charge in [0.1, 0.15) is 11.6 Å². The maximum absolute atomic E-state index is 9.57. The van der Waals surface area contributed by atoms with Crippen molar-refractivity contribution in [2.24, 2.45) is 0 Å². The van der Waals surface area contributed by atoms with Crippen LogP contribution >= 0.6 is 0 Å². The maximum Gasteiger partial charge on any atom is 0.148 e. The summed E-state index contributed by atoms with van der Waals surface area (Å²) in [5.41, 5.74) is 2.97. The van der Waals surface area contributed by atoms with Crippen LogP contribution < -0.4 is 5.32 Å². The van der Waals surface area contributed by atoms with Crippen molar-refractivity contribution in [1.82, 2.24) is 10.2 Å². The smallest absolute Gasteiger partial charge is 0.148 e. The predicted octanol–water partition coefficient (Wildman–Crippen LogP) is 3.77. The molecule has 4 heteroatoms. The van der Waals surface area contributed by atoms with Gasteiger partial charge in [-0.15, -0.1) is 10.2 Å². The van der Waals surface area contributed by atoms with Crippen LogP contribution in [0.2, 0.25) is 0 Å². The largest absolute Gasteiger partial charge is 0.508 e. The first-order chi connectivity index (χ1) is 10.3. The number of hydrogen-bond donors (Lipinski definition) is 2. The van der Waals surface area contributed by atoms with Crippen LogP contribution in [0.3, 0.4) is 0 Å². The van der Waals surface area contributed by atoms with Gasteiger partial charge in [-0.05, 0) is 55.2 Å². The van der Waals surface area contributed by atoms with Gasteiger partial charge in [0.25, 0.3) is 0 Å². The third-order valence-electron chi connectivity index (χ3n) is 4.12. The minimum absolute atomic E-state index is 0.295. The number of rotatable bonds is 4. The normalized spacial score (nSPS) is 15.3. The monoisotopic (exact) mass is 283 g/mol. The highest BCUT2D eigenvalue weighted by Crippen LogP contribution is 2.27. The molecule has 1 saturated carbocycles.